The van der Waals surface area contributed by atoms with Crippen molar-refractivity contribution >= 4 is 12.0 Å². The topological polar surface area (TPSA) is 67.4 Å². The lowest BCUT2D eigenvalue weighted by atomic mass is 10.0. The number of hydrogen-bond donors (Lipinski definition) is 2. The van der Waals surface area contributed by atoms with Crippen LogP contribution in [0.15, 0.2) is 0 Å². The molecule has 0 aromatic rings. The van der Waals surface area contributed by atoms with Crippen LogP contribution in [0.2, 0.25) is 0 Å². The summed E-state index contributed by atoms with van der Waals surface area (Å²) in [5.41, 5.74) is -0.570. The molecule has 0 aliphatic rings. The molecule has 2 amide bonds. The van der Waals surface area contributed by atoms with Gasteiger partial charge >= 0.3 is 6.09 Å². The Hall–Kier alpha value is -1.26. The number of rotatable bonds is 7. The second kappa shape index (κ2) is 8.90. The largest absolute Gasteiger partial charge is 0.444 e. The number of ether oxygens (including phenoxy) is 1. The Morgan fingerprint density at radius 1 is 1.14 bits per heavy atom. The van der Waals surface area contributed by atoms with Crippen LogP contribution < -0.4 is 10.6 Å². The summed E-state index contributed by atoms with van der Waals surface area (Å²) >= 11 is 0. The normalized spacial score (nSPS) is 14.5. The zero-order chi connectivity index (χ0) is 16.6. The van der Waals surface area contributed by atoms with Gasteiger partial charge in [0.25, 0.3) is 0 Å². The van der Waals surface area contributed by atoms with Gasteiger partial charge < -0.3 is 15.4 Å². The fraction of sp³-hybridized carbons (Fsp3) is 0.875. The number of amides is 2. The van der Waals surface area contributed by atoms with Crippen LogP contribution in [0.4, 0.5) is 4.79 Å². The Morgan fingerprint density at radius 3 is 2.14 bits per heavy atom. The van der Waals surface area contributed by atoms with Crippen LogP contribution >= 0.6 is 0 Å². The van der Waals surface area contributed by atoms with Crippen LogP contribution in [-0.4, -0.2) is 30.2 Å². The Labute approximate surface area is 129 Å². The second-order valence-electron chi connectivity index (χ2n) is 7.09. The predicted molar refractivity (Wildman–Crippen MR) is 85.1 cm³/mol. The van der Waals surface area contributed by atoms with Gasteiger partial charge in [-0.2, -0.15) is 0 Å². The van der Waals surface area contributed by atoms with Gasteiger partial charge in [-0.3, -0.25) is 4.79 Å². The number of carbonyl (C=O) groups is 2. The van der Waals surface area contributed by atoms with Crippen molar-refractivity contribution in [2.75, 3.05) is 6.54 Å². The fourth-order valence-corrected chi connectivity index (χ4v) is 1.70. The lowest BCUT2D eigenvalue weighted by Gasteiger charge is -2.24. The van der Waals surface area contributed by atoms with Gasteiger partial charge in [-0.05, 0) is 39.0 Å². The van der Waals surface area contributed by atoms with E-state index in [1.807, 2.05) is 13.8 Å². The first-order valence-electron chi connectivity index (χ1n) is 7.82. The molecular formula is C16H32N2O3. The SMILES string of the molecule is CCC(C)CNC(=O)C(CC(C)C)NC(=O)OC(C)(C)C. The second-order valence-corrected chi connectivity index (χ2v) is 7.09. The van der Waals surface area contributed by atoms with E-state index in [-0.39, 0.29) is 5.91 Å². The van der Waals surface area contributed by atoms with Crippen LogP contribution in [0.1, 0.15) is 61.3 Å². The molecule has 0 aliphatic heterocycles. The quantitative estimate of drug-likeness (QED) is 0.759. The van der Waals surface area contributed by atoms with Gasteiger partial charge in [0.15, 0.2) is 0 Å². The summed E-state index contributed by atoms with van der Waals surface area (Å²) in [6, 6.07) is -0.552. The average Bonchev–Trinajstić information content (AvgIpc) is 2.31. The average molecular weight is 300 g/mol. The molecule has 0 saturated carbocycles. The van der Waals surface area contributed by atoms with Gasteiger partial charge in [-0.1, -0.05) is 34.1 Å². The highest BCUT2D eigenvalue weighted by Gasteiger charge is 2.25. The molecule has 0 aromatic carbocycles. The summed E-state index contributed by atoms with van der Waals surface area (Å²) in [4.78, 5) is 24.1. The summed E-state index contributed by atoms with van der Waals surface area (Å²) in [5, 5.41) is 5.57. The Balaban J connectivity index is 4.57. The molecule has 21 heavy (non-hydrogen) atoms. The van der Waals surface area contributed by atoms with Gasteiger partial charge in [-0.25, -0.2) is 4.79 Å². The lowest BCUT2D eigenvalue weighted by Crippen LogP contribution is -2.49. The first-order valence-corrected chi connectivity index (χ1v) is 7.82. The maximum absolute atomic E-state index is 12.2. The molecule has 0 spiro atoms. The van der Waals surface area contributed by atoms with E-state index in [0.717, 1.165) is 6.42 Å². The van der Waals surface area contributed by atoms with Crippen LogP contribution in [0.3, 0.4) is 0 Å². The van der Waals surface area contributed by atoms with Gasteiger partial charge in [0.05, 0.1) is 0 Å². The molecule has 124 valence electrons. The van der Waals surface area contributed by atoms with E-state index in [2.05, 4.69) is 24.5 Å². The molecule has 0 fully saturated rings. The molecule has 0 bridgehead atoms. The van der Waals surface area contributed by atoms with E-state index >= 15 is 0 Å². The van der Waals surface area contributed by atoms with Crippen molar-refractivity contribution in [1.29, 1.82) is 0 Å². The van der Waals surface area contributed by atoms with Crippen molar-refractivity contribution in [2.24, 2.45) is 11.8 Å². The van der Waals surface area contributed by atoms with Crippen molar-refractivity contribution in [3.8, 4) is 0 Å². The van der Waals surface area contributed by atoms with Gasteiger partial charge in [-0.15, -0.1) is 0 Å². The molecule has 0 aromatic heterocycles. The molecule has 0 radical (unpaired) electrons. The molecule has 0 rings (SSSR count). The summed E-state index contributed by atoms with van der Waals surface area (Å²) in [5.74, 6) is 0.587. The number of nitrogens with one attached hydrogen (secondary N) is 2. The zero-order valence-electron chi connectivity index (χ0n) is 14.6. The van der Waals surface area contributed by atoms with Crippen LogP contribution in [0.5, 0.6) is 0 Å². The summed E-state index contributed by atoms with van der Waals surface area (Å²) < 4.78 is 5.22. The highest BCUT2D eigenvalue weighted by atomic mass is 16.6. The standard InChI is InChI=1S/C16H32N2O3/c1-8-12(4)10-17-14(19)13(9-11(2)3)18-15(20)21-16(5,6)7/h11-13H,8-10H2,1-7H3,(H,17,19)(H,18,20). The van der Waals surface area contributed by atoms with Gasteiger partial charge in [0.2, 0.25) is 5.91 Å². The van der Waals surface area contributed by atoms with Crippen molar-refractivity contribution in [1.82, 2.24) is 10.6 Å². The molecule has 2 atom stereocenters. The monoisotopic (exact) mass is 300 g/mol. The smallest absolute Gasteiger partial charge is 0.408 e. The van der Waals surface area contributed by atoms with Crippen LogP contribution in [0.25, 0.3) is 0 Å². The van der Waals surface area contributed by atoms with Gasteiger partial charge in [0, 0.05) is 6.54 Å². The van der Waals surface area contributed by atoms with E-state index < -0.39 is 17.7 Å². The minimum atomic E-state index is -0.570. The number of alkyl carbamates (subject to hydrolysis) is 1. The third-order valence-corrected chi connectivity index (χ3v) is 3.04. The highest BCUT2D eigenvalue weighted by Crippen LogP contribution is 2.10. The zero-order valence-corrected chi connectivity index (χ0v) is 14.6. The molecule has 5 nitrogen and oxygen atoms in total. The third-order valence-electron chi connectivity index (χ3n) is 3.04. The molecule has 2 N–H and O–H groups in total. The maximum atomic E-state index is 12.2. The lowest BCUT2D eigenvalue weighted by molar-refractivity contribution is -0.123. The molecule has 0 aliphatic carbocycles. The first kappa shape index (κ1) is 19.7. The Bertz CT molecular complexity index is 335. The van der Waals surface area contributed by atoms with E-state index in [9.17, 15) is 9.59 Å². The summed E-state index contributed by atoms with van der Waals surface area (Å²) in [6.45, 7) is 14.2. The summed E-state index contributed by atoms with van der Waals surface area (Å²) in [7, 11) is 0. The first-order chi connectivity index (χ1) is 9.55. The Morgan fingerprint density at radius 2 is 1.71 bits per heavy atom. The molecular weight excluding hydrogens is 268 g/mol. The van der Waals surface area contributed by atoms with Gasteiger partial charge in [0.1, 0.15) is 11.6 Å². The van der Waals surface area contributed by atoms with E-state index in [1.54, 1.807) is 20.8 Å². The summed E-state index contributed by atoms with van der Waals surface area (Å²) in [6.07, 6.45) is 1.05. The highest BCUT2D eigenvalue weighted by molar-refractivity contribution is 5.85. The third kappa shape index (κ3) is 10.2. The van der Waals surface area contributed by atoms with E-state index in [1.165, 1.54) is 0 Å². The van der Waals surface area contributed by atoms with Crippen LogP contribution in [0, 0.1) is 11.8 Å². The minimum absolute atomic E-state index is 0.144. The van der Waals surface area contributed by atoms with Crippen molar-refractivity contribution in [3.63, 3.8) is 0 Å². The van der Waals surface area contributed by atoms with Crippen molar-refractivity contribution in [2.45, 2.75) is 73.0 Å². The van der Waals surface area contributed by atoms with E-state index in [0.29, 0.717) is 24.8 Å². The molecule has 2 unspecified atom stereocenters. The van der Waals surface area contributed by atoms with Crippen molar-refractivity contribution in [3.05, 3.63) is 0 Å². The molecule has 0 saturated heterocycles. The molecule has 0 heterocycles. The van der Waals surface area contributed by atoms with Crippen molar-refractivity contribution < 1.29 is 14.3 Å². The number of carbonyl (C=O) groups excluding carboxylic acids is 2. The number of hydrogen-bond acceptors (Lipinski definition) is 3. The maximum Gasteiger partial charge on any atom is 0.408 e. The van der Waals surface area contributed by atoms with Crippen LogP contribution in [-0.2, 0) is 9.53 Å². The Kier molecular flexibility index (Phi) is 8.37. The minimum Gasteiger partial charge on any atom is -0.444 e. The molecule has 5 heteroatoms. The fourth-order valence-electron chi connectivity index (χ4n) is 1.70. The van der Waals surface area contributed by atoms with E-state index in [4.69, 9.17) is 4.74 Å². The predicted octanol–water partition coefficient (Wildman–Crippen LogP) is 3.09.